The highest BCUT2D eigenvalue weighted by atomic mass is 16.5. The summed E-state index contributed by atoms with van der Waals surface area (Å²) in [5.74, 6) is 1.32. The van der Waals surface area contributed by atoms with Gasteiger partial charge in [0.25, 0.3) is 0 Å². The second-order valence-electron chi connectivity index (χ2n) is 3.60. The fourth-order valence-corrected chi connectivity index (χ4v) is 1.54. The Balaban J connectivity index is 2.17. The second kappa shape index (κ2) is 3.62. The smallest absolute Gasteiger partial charge is 0.161 e. The molecule has 1 aliphatic rings. The van der Waals surface area contributed by atoms with Gasteiger partial charge in [0, 0.05) is 17.3 Å². The molecule has 0 aromatic carbocycles. The van der Waals surface area contributed by atoms with Crippen molar-refractivity contribution in [3.05, 3.63) is 23.1 Å². The molecular weight excluding hydrogens is 178 g/mol. The molecule has 1 aromatic heterocycles. The van der Waals surface area contributed by atoms with Gasteiger partial charge in [0.15, 0.2) is 5.76 Å². The Morgan fingerprint density at radius 2 is 2.50 bits per heavy atom. The van der Waals surface area contributed by atoms with E-state index in [4.69, 9.17) is 9.78 Å². The van der Waals surface area contributed by atoms with Gasteiger partial charge in [-0.1, -0.05) is 0 Å². The molecule has 0 radical (unpaired) electrons. The summed E-state index contributed by atoms with van der Waals surface area (Å²) in [6, 6.07) is 2.20. The van der Waals surface area contributed by atoms with Crippen molar-refractivity contribution in [2.75, 3.05) is 0 Å². The van der Waals surface area contributed by atoms with Crippen LogP contribution in [0.1, 0.15) is 25.5 Å². The van der Waals surface area contributed by atoms with E-state index in [1.165, 1.54) is 18.4 Å². The van der Waals surface area contributed by atoms with Gasteiger partial charge in [-0.25, -0.2) is 0 Å². The molecular formula is C10H11N3O. The van der Waals surface area contributed by atoms with Crippen molar-refractivity contribution in [2.24, 2.45) is 5.92 Å². The second-order valence-corrected chi connectivity index (χ2v) is 3.60. The Bertz CT molecular complexity index is 382. The largest absolute Gasteiger partial charge is 0.342 e. The van der Waals surface area contributed by atoms with Crippen LogP contribution in [0.25, 0.3) is 0 Å². The Morgan fingerprint density at radius 1 is 1.71 bits per heavy atom. The molecule has 0 atom stereocenters. The van der Waals surface area contributed by atoms with E-state index in [1.54, 1.807) is 6.20 Å². The molecule has 0 bridgehead atoms. The summed E-state index contributed by atoms with van der Waals surface area (Å²) in [5, 5.41) is 15.9. The first-order valence-electron chi connectivity index (χ1n) is 4.67. The summed E-state index contributed by atoms with van der Waals surface area (Å²) in [6.45, 7) is 1.86. The van der Waals surface area contributed by atoms with Gasteiger partial charge in [0.1, 0.15) is 0 Å². The predicted octanol–water partition coefficient (Wildman–Crippen LogP) is 1.86. The summed E-state index contributed by atoms with van der Waals surface area (Å²) in [7, 11) is 0. The molecule has 1 heterocycles. The molecule has 72 valence electrons. The summed E-state index contributed by atoms with van der Waals surface area (Å²) in [5.41, 5.74) is 2.00. The Hall–Kier alpha value is -1.63. The highest BCUT2D eigenvalue weighted by molar-refractivity contribution is 5.31. The van der Waals surface area contributed by atoms with Crippen LogP contribution >= 0.6 is 0 Å². The highest BCUT2D eigenvalue weighted by Crippen LogP contribution is 2.39. The standard InChI is InChI=1S/C10H11N3O/c1-7(5-11)10(8-2-3-8)4-9-6-12-13-14-9/h6,8H,2-4H2,1H3. The fourth-order valence-electron chi connectivity index (χ4n) is 1.54. The van der Waals surface area contributed by atoms with Gasteiger partial charge >= 0.3 is 0 Å². The van der Waals surface area contributed by atoms with Crippen LogP contribution in [-0.2, 0) is 6.42 Å². The minimum absolute atomic E-state index is 0.583. The first-order valence-corrected chi connectivity index (χ1v) is 4.67. The maximum absolute atomic E-state index is 8.84. The summed E-state index contributed by atoms with van der Waals surface area (Å²) in [4.78, 5) is 0. The van der Waals surface area contributed by atoms with Crippen LogP contribution in [0.3, 0.4) is 0 Å². The van der Waals surface area contributed by atoms with Crippen LogP contribution in [0.4, 0.5) is 0 Å². The van der Waals surface area contributed by atoms with Crippen molar-refractivity contribution in [1.82, 2.24) is 10.4 Å². The minimum atomic E-state index is 0.583. The first-order chi connectivity index (χ1) is 6.81. The van der Waals surface area contributed by atoms with E-state index in [2.05, 4.69) is 16.4 Å². The molecule has 14 heavy (non-hydrogen) atoms. The molecule has 1 fully saturated rings. The van der Waals surface area contributed by atoms with Gasteiger partial charge in [-0.05, 0) is 31.3 Å². The topological polar surface area (TPSA) is 62.7 Å². The first kappa shape index (κ1) is 8.95. The molecule has 4 nitrogen and oxygen atoms in total. The maximum Gasteiger partial charge on any atom is 0.161 e. The number of allylic oxidation sites excluding steroid dienone is 2. The molecule has 0 spiro atoms. The van der Waals surface area contributed by atoms with Crippen molar-refractivity contribution in [3.8, 4) is 6.07 Å². The van der Waals surface area contributed by atoms with Crippen molar-refractivity contribution < 1.29 is 4.52 Å². The van der Waals surface area contributed by atoms with E-state index in [0.717, 1.165) is 11.3 Å². The number of hydrogen-bond acceptors (Lipinski definition) is 4. The van der Waals surface area contributed by atoms with E-state index in [1.807, 2.05) is 6.92 Å². The van der Waals surface area contributed by atoms with Crippen LogP contribution in [0, 0.1) is 17.2 Å². The third-order valence-electron chi connectivity index (χ3n) is 2.49. The molecule has 0 N–H and O–H groups in total. The molecule has 1 aliphatic carbocycles. The Kier molecular flexibility index (Phi) is 2.32. The van der Waals surface area contributed by atoms with Crippen molar-refractivity contribution in [1.29, 1.82) is 5.26 Å². The molecule has 0 saturated heterocycles. The van der Waals surface area contributed by atoms with Gasteiger partial charge in [0.2, 0.25) is 0 Å². The summed E-state index contributed by atoms with van der Waals surface area (Å²) < 4.78 is 4.93. The summed E-state index contributed by atoms with van der Waals surface area (Å²) >= 11 is 0. The van der Waals surface area contributed by atoms with Crippen molar-refractivity contribution in [2.45, 2.75) is 26.2 Å². The average Bonchev–Trinajstić information content (AvgIpc) is 2.92. The van der Waals surface area contributed by atoms with E-state index in [9.17, 15) is 0 Å². The maximum atomic E-state index is 8.84. The van der Waals surface area contributed by atoms with E-state index >= 15 is 0 Å². The van der Waals surface area contributed by atoms with Gasteiger partial charge in [-0.15, -0.1) is 5.10 Å². The lowest BCUT2D eigenvalue weighted by molar-refractivity contribution is 0.365. The Morgan fingerprint density at radius 3 is 3.00 bits per heavy atom. The van der Waals surface area contributed by atoms with Crippen LogP contribution in [-0.4, -0.2) is 10.4 Å². The van der Waals surface area contributed by atoms with Crippen LogP contribution in [0.2, 0.25) is 0 Å². The Labute approximate surface area is 82.2 Å². The van der Waals surface area contributed by atoms with Crippen LogP contribution in [0.5, 0.6) is 0 Å². The van der Waals surface area contributed by atoms with Crippen LogP contribution < -0.4 is 0 Å². The number of nitrogens with zero attached hydrogens (tertiary/aromatic N) is 3. The molecule has 0 unspecified atom stereocenters. The lowest BCUT2D eigenvalue weighted by atomic mass is 10.0. The molecule has 1 saturated carbocycles. The average molecular weight is 189 g/mol. The van der Waals surface area contributed by atoms with E-state index < -0.39 is 0 Å². The molecule has 1 aromatic rings. The number of aromatic nitrogens is 2. The zero-order valence-corrected chi connectivity index (χ0v) is 8.03. The highest BCUT2D eigenvalue weighted by Gasteiger charge is 2.28. The van der Waals surface area contributed by atoms with Crippen molar-refractivity contribution >= 4 is 0 Å². The third-order valence-corrected chi connectivity index (χ3v) is 2.49. The zero-order chi connectivity index (χ0) is 9.97. The molecule has 2 rings (SSSR count). The zero-order valence-electron chi connectivity index (χ0n) is 8.03. The molecule has 4 heteroatoms. The van der Waals surface area contributed by atoms with Crippen LogP contribution in [0.15, 0.2) is 21.9 Å². The fraction of sp³-hybridized carbons (Fsp3) is 0.500. The van der Waals surface area contributed by atoms with E-state index in [0.29, 0.717) is 12.3 Å². The predicted molar refractivity (Wildman–Crippen MR) is 49.0 cm³/mol. The minimum Gasteiger partial charge on any atom is -0.342 e. The monoisotopic (exact) mass is 189 g/mol. The van der Waals surface area contributed by atoms with Crippen molar-refractivity contribution in [3.63, 3.8) is 0 Å². The normalized spacial score (nSPS) is 17.4. The SMILES string of the molecule is CC(C#N)=C(Cc1cnno1)C1CC1. The van der Waals surface area contributed by atoms with Gasteiger partial charge in [0.05, 0.1) is 12.3 Å². The molecule has 0 amide bonds. The number of hydrogen-bond donors (Lipinski definition) is 0. The van der Waals surface area contributed by atoms with E-state index in [-0.39, 0.29) is 0 Å². The van der Waals surface area contributed by atoms with Gasteiger partial charge < -0.3 is 4.52 Å². The molecule has 0 aliphatic heterocycles. The lowest BCUT2D eigenvalue weighted by Crippen LogP contribution is -1.95. The lowest BCUT2D eigenvalue weighted by Gasteiger charge is -2.03. The van der Waals surface area contributed by atoms with Gasteiger partial charge in [-0.2, -0.15) is 5.26 Å². The number of rotatable bonds is 3. The number of nitriles is 1. The van der Waals surface area contributed by atoms with Gasteiger partial charge in [-0.3, -0.25) is 0 Å². The quantitative estimate of drug-likeness (QED) is 0.681. The summed E-state index contributed by atoms with van der Waals surface area (Å²) in [6.07, 6.45) is 4.66. The third kappa shape index (κ3) is 1.82.